The molecule has 0 unspecified atom stereocenters. The van der Waals surface area contributed by atoms with Gasteiger partial charge in [-0.05, 0) is 37.8 Å². The van der Waals surface area contributed by atoms with Crippen LogP contribution in [0.5, 0.6) is 0 Å². The van der Waals surface area contributed by atoms with E-state index in [9.17, 15) is 4.79 Å². The Kier molecular flexibility index (Phi) is 4.52. The highest BCUT2D eigenvalue weighted by atomic mass is 35.5. The van der Waals surface area contributed by atoms with Crippen molar-refractivity contribution in [1.29, 1.82) is 0 Å². The number of carbonyl (C=O) groups excluding carboxylic acids is 1. The van der Waals surface area contributed by atoms with Gasteiger partial charge in [-0.25, -0.2) is 0 Å². The number of likely N-dealkylation sites (tertiary alicyclic amines) is 1. The van der Waals surface area contributed by atoms with Crippen LogP contribution in [0.15, 0.2) is 48.5 Å². The van der Waals surface area contributed by atoms with Gasteiger partial charge < -0.3 is 4.90 Å². The molecule has 5 heteroatoms. The van der Waals surface area contributed by atoms with E-state index in [1.807, 2.05) is 35.2 Å². The van der Waals surface area contributed by atoms with E-state index < -0.39 is 0 Å². The summed E-state index contributed by atoms with van der Waals surface area (Å²) < 4.78 is 0. The summed E-state index contributed by atoms with van der Waals surface area (Å²) in [6.45, 7) is 1.66. The second-order valence-corrected chi connectivity index (χ2v) is 8.30. The fourth-order valence-corrected chi connectivity index (χ4v) is 4.33. The standard InChI is InChI=1S/C23H22ClN3O/c24-18-9-7-15(8-10-18)21-19-3-1-2-4-20(19)22(26-25-21)16-11-13-27(14-12-16)23(28)17-5-6-17/h1-4,7-10,16-17H,5-6,11-14H2. The number of rotatable bonds is 3. The van der Waals surface area contributed by atoms with Crippen molar-refractivity contribution in [3.05, 3.63) is 59.2 Å². The fraction of sp³-hybridized carbons (Fsp3) is 0.348. The van der Waals surface area contributed by atoms with Gasteiger partial charge in [0.2, 0.25) is 5.91 Å². The molecule has 0 radical (unpaired) electrons. The Labute approximate surface area is 169 Å². The minimum Gasteiger partial charge on any atom is -0.342 e. The third kappa shape index (κ3) is 3.26. The normalized spacial score (nSPS) is 17.8. The summed E-state index contributed by atoms with van der Waals surface area (Å²) in [4.78, 5) is 14.4. The Balaban J connectivity index is 1.45. The maximum atomic E-state index is 12.3. The first-order valence-electron chi connectivity index (χ1n) is 10.0. The van der Waals surface area contributed by atoms with Crippen LogP contribution in [-0.4, -0.2) is 34.1 Å². The van der Waals surface area contributed by atoms with Crippen LogP contribution in [-0.2, 0) is 4.79 Å². The van der Waals surface area contributed by atoms with Crippen molar-refractivity contribution in [3.63, 3.8) is 0 Å². The van der Waals surface area contributed by atoms with Gasteiger partial charge in [0.05, 0.1) is 5.69 Å². The number of nitrogens with zero attached hydrogens (tertiary/aromatic N) is 3. The first kappa shape index (κ1) is 17.6. The van der Waals surface area contributed by atoms with Crippen molar-refractivity contribution in [2.75, 3.05) is 13.1 Å². The van der Waals surface area contributed by atoms with Crippen LogP contribution in [0, 0.1) is 5.92 Å². The van der Waals surface area contributed by atoms with Crippen molar-refractivity contribution in [2.45, 2.75) is 31.6 Å². The van der Waals surface area contributed by atoms with E-state index in [1.165, 1.54) is 0 Å². The second-order valence-electron chi connectivity index (χ2n) is 7.86. The van der Waals surface area contributed by atoms with Crippen molar-refractivity contribution in [2.24, 2.45) is 5.92 Å². The fourth-order valence-electron chi connectivity index (χ4n) is 4.21. The average Bonchev–Trinajstić information content (AvgIpc) is 3.59. The van der Waals surface area contributed by atoms with Crippen LogP contribution >= 0.6 is 11.6 Å². The van der Waals surface area contributed by atoms with E-state index >= 15 is 0 Å². The molecule has 0 spiro atoms. The predicted octanol–water partition coefficient (Wildman–Crippen LogP) is 5.07. The number of amides is 1. The van der Waals surface area contributed by atoms with Crippen molar-refractivity contribution in [1.82, 2.24) is 15.1 Å². The molecule has 1 aliphatic carbocycles. The quantitative estimate of drug-likeness (QED) is 0.626. The average molecular weight is 392 g/mol. The Bertz CT molecular complexity index is 1020. The molecule has 1 saturated carbocycles. The number of halogens is 1. The van der Waals surface area contributed by atoms with Gasteiger partial charge in [-0.15, -0.1) is 5.10 Å². The molecule has 1 amide bonds. The summed E-state index contributed by atoms with van der Waals surface area (Å²) in [6.07, 6.45) is 4.05. The molecule has 142 valence electrons. The third-order valence-corrected chi connectivity index (χ3v) is 6.21. The molecule has 3 aromatic rings. The molecule has 2 aromatic carbocycles. The Morgan fingerprint density at radius 3 is 2.25 bits per heavy atom. The molecule has 1 saturated heterocycles. The molecular weight excluding hydrogens is 370 g/mol. The molecule has 1 aromatic heterocycles. The number of piperidine rings is 1. The van der Waals surface area contributed by atoms with Crippen molar-refractivity contribution < 1.29 is 4.79 Å². The van der Waals surface area contributed by atoms with Gasteiger partial charge in [-0.3, -0.25) is 4.79 Å². The third-order valence-electron chi connectivity index (χ3n) is 5.95. The van der Waals surface area contributed by atoms with Gasteiger partial charge in [0.1, 0.15) is 5.69 Å². The lowest BCUT2D eigenvalue weighted by Crippen LogP contribution is -2.39. The number of hydrogen-bond donors (Lipinski definition) is 0. The zero-order valence-corrected chi connectivity index (χ0v) is 16.4. The minimum absolute atomic E-state index is 0.302. The molecule has 5 rings (SSSR count). The molecule has 0 atom stereocenters. The molecule has 2 heterocycles. The zero-order valence-electron chi connectivity index (χ0n) is 15.6. The van der Waals surface area contributed by atoms with E-state index in [0.717, 1.165) is 66.5 Å². The predicted molar refractivity (Wildman–Crippen MR) is 111 cm³/mol. The molecule has 2 fully saturated rings. The van der Waals surface area contributed by atoms with Crippen LogP contribution in [0.3, 0.4) is 0 Å². The zero-order chi connectivity index (χ0) is 19.1. The molecule has 0 N–H and O–H groups in total. The number of hydrogen-bond acceptors (Lipinski definition) is 3. The lowest BCUT2D eigenvalue weighted by atomic mass is 9.89. The molecule has 1 aliphatic heterocycles. The first-order chi connectivity index (χ1) is 13.7. The first-order valence-corrected chi connectivity index (χ1v) is 10.4. The number of benzene rings is 2. The maximum Gasteiger partial charge on any atom is 0.225 e. The minimum atomic E-state index is 0.302. The van der Waals surface area contributed by atoms with Gasteiger partial charge in [-0.1, -0.05) is 48.0 Å². The summed E-state index contributed by atoms with van der Waals surface area (Å²) in [6, 6.07) is 16.1. The van der Waals surface area contributed by atoms with Gasteiger partial charge in [0.25, 0.3) is 0 Å². The summed E-state index contributed by atoms with van der Waals surface area (Å²) >= 11 is 6.04. The monoisotopic (exact) mass is 391 g/mol. The summed E-state index contributed by atoms with van der Waals surface area (Å²) in [5, 5.41) is 12.3. The SMILES string of the molecule is O=C(C1CC1)N1CCC(c2nnc(-c3ccc(Cl)cc3)c3ccccc23)CC1. The van der Waals surface area contributed by atoms with Crippen LogP contribution < -0.4 is 0 Å². The van der Waals surface area contributed by atoms with E-state index in [1.54, 1.807) is 0 Å². The highest BCUT2D eigenvalue weighted by Crippen LogP contribution is 2.37. The number of fused-ring (bicyclic) bond motifs is 1. The van der Waals surface area contributed by atoms with Gasteiger partial charge in [0.15, 0.2) is 0 Å². The van der Waals surface area contributed by atoms with Gasteiger partial charge in [0, 0.05) is 46.3 Å². The highest BCUT2D eigenvalue weighted by molar-refractivity contribution is 6.30. The Morgan fingerprint density at radius 2 is 1.57 bits per heavy atom. The van der Waals surface area contributed by atoms with Gasteiger partial charge in [-0.2, -0.15) is 5.10 Å². The van der Waals surface area contributed by atoms with Crippen LogP contribution in [0.25, 0.3) is 22.0 Å². The van der Waals surface area contributed by atoms with Crippen molar-refractivity contribution in [3.8, 4) is 11.3 Å². The topological polar surface area (TPSA) is 46.1 Å². The maximum absolute atomic E-state index is 12.3. The van der Waals surface area contributed by atoms with Gasteiger partial charge >= 0.3 is 0 Å². The molecule has 2 aliphatic rings. The summed E-state index contributed by atoms with van der Waals surface area (Å²) in [5.74, 6) is 1.00. The van der Waals surface area contributed by atoms with E-state index in [0.29, 0.717) is 22.8 Å². The number of carbonyl (C=O) groups is 1. The van der Waals surface area contributed by atoms with E-state index in [-0.39, 0.29) is 0 Å². The number of aromatic nitrogens is 2. The van der Waals surface area contributed by atoms with E-state index in [4.69, 9.17) is 11.6 Å². The summed E-state index contributed by atoms with van der Waals surface area (Å²) in [7, 11) is 0. The Morgan fingerprint density at radius 1 is 0.893 bits per heavy atom. The van der Waals surface area contributed by atoms with E-state index in [2.05, 4.69) is 28.4 Å². The lowest BCUT2D eigenvalue weighted by molar-refractivity contribution is -0.133. The molecule has 4 nitrogen and oxygen atoms in total. The molecule has 0 bridgehead atoms. The van der Waals surface area contributed by atoms with Crippen LogP contribution in [0.4, 0.5) is 0 Å². The smallest absolute Gasteiger partial charge is 0.225 e. The lowest BCUT2D eigenvalue weighted by Gasteiger charge is -2.32. The van der Waals surface area contributed by atoms with Crippen LogP contribution in [0.1, 0.15) is 37.3 Å². The van der Waals surface area contributed by atoms with Crippen molar-refractivity contribution >= 4 is 28.3 Å². The largest absolute Gasteiger partial charge is 0.342 e. The highest BCUT2D eigenvalue weighted by Gasteiger charge is 2.35. The molecular formula is C23H22ClN3O. The molecule has 28 heavy (non-hydrogen) atoms. The second kappa shape index (κ2) is 7.17. The summed E-state index contributed by atoms with van der Waals surface area (Å²) in [5.41, 5.74) is 2.97. The van der Waals surface area contributed by atoms with Crippen LogP contribution in [0.2, 0.25) is 5.02 Å². The Hall–Kier alpha value is -2.46.